The van der Waals surface area contributed by atoms with Crippen LogP contribution in [0.5, 0.6) is 0 Å². The second-order valence-electron chi connectivity index (χ2n) is 11.9. The molecule has 4 nitrogen and oxygen atoms in total. The molecular formula is C42H34IN3O. The molecule has 0 aliphatic heterocycles. The smallest absolute Gasteiger partial charge is 0.145 e. The summed E-state index contributed by atoms with van der Waals surface area (Å²) in [5.74, 6) is 0. The zero-order valence-electron chi connectivity index (χ0n) is 26.6. The fraction of sp³-hybridized carbons (Fsp3) is 0.0952. The topological polar surface area (TPSA) is 49.0 Å². The second kappa shape index (κ2) is 11.7. The lowest BCUT2D eigenvalue weighted by Gasteiger charge is -2.17. The first-order valence-corrected chi connectivity index (χ1v) is 17.3. The largest absolute Gasteiger partial charge is 0.455 e. The number of nitrogen functional groups attached to an aromatic ring is 1. The van der Waals surface area contributed by atoms with Crippen LogP contribution in [0, 0.1) is 0 Å². The van der Waals surface area contributed by atoms with Crippen LogP contribution in [0.1, 0.15) is 32.0 Å². The highest BCUT2D eigenvalue weighted by Gasteiger charge is 2.22. The Morgan fingerprint density at radius 2 is 1.60 bits per heavy atom. The molecule has 47 heavy (non-hydrogen) atoms. The molecule has 8 aromatic rings. The molecule has 0 spiro atoms. The van der Waals surface area contributed by atoms with Crippen LogP contribution in [0.25, 0.3) is 83.2 Å². The Labute approximate surface area is 287 Å². The molecule has 0 fully saturated rings. The number of benzene rings is 5. The van der Waals surface area contributed by atoms with Gasteiger partial charge in [-0.25, -0.2) is 0 Å². The minimum absolute atomic E-state index is 0.733. The van der Waals surface area contributed by atoms with Gasteiger partial charge in [-0.3, -0.25) is 0 Å². The van der Waals surface area contributed by atoms with Crippen LogP contribution in [-0.4, -0.2) is 9.13 Å². The van der Waals surface area contributed by atoms with Gasteiger partial charge in [0.05, 0.1) is 27.6 Å². The van der Waals surface area contributed by atoms with Crippen molar-refractivity contribution < 1.29 is 4.42 Å². The van der Waals surface area contributed by atoms with E-state index in [2.05, 4.69) is 160 Å². The van der Waals surface area contributed by atoms with E-state index in [-0.39, 0.29) is 0 Å². The Hall–Kier alpha value is -5.01. The third-order valence-electron chi connectivity index (χ3n) is 9.33. The lowest BCUT2D eigenvalue weighted by Crippen LogP contribution is -2.02. The number of halogens is 1. The van der Waals surface area contributed by atoms with E-state index in [1.54, 1.807) is 0 Å². The SMILES string of the molecule is C/C=C\c1c(CC)c2ccccc2n1-c1cc(N)ccc1-c1ccc2c3c4oc5ccccc5c4ccc3n(C(/C=C\I)=C/C)c2c1. The van der Waals surface area contributed by atoms with Crippen molar-refractivity contribution in [2.24, 2.45) is 0 Å². The summed E-state index contributed by atoms with van der Waals surface area (Å²) in [6, 6.07) is 34.5. The van der Waals surface area contributed by atoms with Crippen molar-refractivity contribution in [3.63, 3.8) is 0 Å². The number of nitrogens with two attached hydrogens (primary N) is 1. The van der Waals surface area contributed by atoms with Gasteiger partial charge in [-0.2, -0.15) is 0 Å². The standard InChI is InChI=1S/C42H34IN3O/c1-4-11-35-29(6-3)31-12-7-9-14-36(31)46(35)39-25-27(44)17-19-30(39)26-16-18-34-38(24-26)45(28(5-2)22-23-43)37-21-20-33-32-13-8-10-15-40(32)47-42(33)41(34)37/h4-5,7-25H,6,44H2,1-3H3/b11-4-,23-22-,28-5+. The molecule has 0 amide bonds. The maximum atomic E-state index is 6.58. The maximum absolute atomic E-state index is 6.58. The van der Waals surface area contributed by atoms with Gasteiger partial charge in [0.15, 0.2) is 0 Å². The highest BCUT2D eigenvalue weighted by Crippen LogP contribution is 2.43. The Kier molecular flexibility index (Phi) is 7.29. The van der Waals surface area contributed by atoms with Crippen LogP contribution in [0.3, 0.4) is 0 Å². The Bertz CT molecular complexity index is 2610. The number of para-hydroxylation sites is 2. The Morgan fingerprint density at radius 1 is 0.809 bits per heavy atom. The molecule has 5 aromatic carbocycles. The third-order valence-corrected chi connectivity index (χ3v) is 9.69. The van der Waals surface area contributed by atoms with Crippen molar-refractivity contribution in [2.75, 3.05) is 5.73 Å². The molecule has 0 atom stereocenters. The van der Waals surface area contributed by atoms with E-state index in [9.17, 15) is 0 Å². The van der Waals surface area contributed by atoms with Crippen LogP contribution in [-0.2, 0) is 6.42 Å². The fourth-order valence-corrected chi connectivity index (χ4v) is 7.73. The Balaban J connectivity index is 1.47. The first-order valence-electron chi connectivity index (χ1n) is 16.0. The molecule has 0 radical (unpaired) electrons. The zero-order valence-corrected chi connectivity index (χ0v) is 28.7. The summed E-state index contributed by atoms with van der Waals surface area (Å²) in [6.07, 6.45) is 9.60. The molecule has 5 heteroatoms. The average Bonchev–Trinajstić information content (AvgIpc) is 3.74. The van der Waals surface area contributed by atoms with E-state index < -0.39 is 0 Å². The monoisotopic (exact) mass is 723 g/mol. The Morgan fingerprint density at radius 3 is 2.38 bits per heavy atom. The van der Waals surface area contributed by atoms with Crippen molar-refractivity contribution in [2.45, 2.75) is 27.2 Å². The van der Waals surface area contributed by atoms with E-state index in [4.69, 9.17) is 10.2 Å². The van der Waals surface area contributed by atoms with Gasteiger partial charge >= 0.3 is 0 Å². The minimum atomic E-state index is 0.733. The summed E-state index contributed by atoms with van der Waals surface area (Å²) < 4.78 is 13.4. The third kappa shape index (κ3) is 4.48. The normalized spacial score (nSPS) is 12.8. The quantitative estimate of drug-likeness (QED) is 0.105. The van der Waals surface area contributed by atoms with Gasteiger partial charge in [0, 0.05) is 44.2 Å². The van der Waals surface area contributed by atoms with E-state index in [1.807, 2.05) is 18.2 Å². The van der Waals surface area contributed by atoms with Crippen LogP contribution in [0.4, 0.5) is 5.69 Å². The van der Waals surface area contributed by atoms with Crippen molar-refractivity contribution in [3.8, 4) is 16.8 Å². The molecule has 8 rings (SSSR count). The van der Waals surface area contributed by atoms with E-state index >= 15 is 0 Å². The highest BCUT2D eigenvalue weighted by molar-refractivity contribution is 14.1. The molecule has 2 N–H and O–H groups in total. The summed E-state index contributed by atoms with van der Waals surface area (Å²) in [4.78, 5) is 0. The maximum Gasteiger partial charge on any atom is 0.145 e. The van der Waals surface area contributed by atoms with Crippen molar-refractivity contribution >= 4 is 94.7 Å². The molecule has 0 aliphatic carbocycles. The number of aryl methyl sites for hydroxylation is 1. The number of nitrogens with zero attached hydrogens (tertiary/aromatic N) is 2. The fourth-order valence-electron chi connectivity index (χ4n) is 7.36. The van der Waals surface area contributed by atoms with Crippen LogP contribution in [0.15, 0.2) is 124 Å². The summed E-state index contributed by atoms with van der Waals surface area (Å²) in [6.45, 7) is 6.40. The molecule has 0 saturated carbocycles. The van der Waals surface area contributed by atoms with Gasteiger partial charge in [0.25, 0.3) is 0 Å². The molecule has 230 valence electrons. The number of hydrogen-bond donors (Lipinski definition) is 1. The number of hydrogen-bond acceptors (Lipinski definition) is 2. The lowest BCUT2D eigenvalue weighted by atomic mass is 10.00. The van der Waals surface area contributed by atoms with Crippen LogP contribution < -0.4 is 5.73 Å². The second-order valence-corrected chi connectivity index (χ2v) is 12.6. The predicted molar refractivity (Wildman–Crippen MR) is 211 cm³/mol. The lowest BCUT2D eigenvalue weighted by molar-refractivity contribution is 0.673. The van der Waals surface area contributed by atoms with Gasteiger partial charge in [-0.15, -0.1) is 0 Å². The first-order chi connectivity index (χ1) is 23.1. The number of anilines is 1. The van der Waals surface area contributed by atoms with Gasteiger partial charge in [0.1, 0.15) is 11.2 Å². The number of furan rings is 1. The van der Waals surface area contributed by atoms with Gasteiger partial charge in [-0.1, -0.05) is 96.3 Å². The van der Waals surface area contributed by atoms with E-state index in [0.717, 1.165) is 78.4 Å². The molecule has 0 aliphatic rings. The van der Waals surface area contributed by atoms with Crippen molar-refractivity contribution in [3.05, 3.63) is 131 Å². The van der Waals surface area contributed by atoms with Gasteiger partial charge in [-0.05, 0) is 90.1 Å². The molecular weight excluding hydrogens is 689 g/mol. The molecule has 0 bridgehead atoms. The molecule has 3 aromatic heterocycles. The summed E-state index contributed by atoms with van der Waals surface area (Å²) in [5, 5.41) is 5.81. The van der Waals surface area contributed by atoms with Crippen LogP contribution >= 0.6 is 22.6 Å². The molecule has 3 heterocycles. The summed E-state index contributed by atoms with van der Waals surface area (Å²) >= 11 is 2.30. The number of aromatic nitrogens is 2. The van der Waals surface area contributed by atoms with Crippen molar-refractivity contribution in [1.82, 2.24) is 9.13 Å². The number of fused-ring (bicyclic) bond motifs is 8. The molecule has 0 saturated heterocycles. The summed E-state index contributed by atoms with van der Waals surface area (Å²) in [7, 11) is 0. The first kappa shape index (κ1) is 29.4. The van der Waals surface area contributed by atoms with Crippen molar-refractivity contribution in [1.29, 1.82) is 0 Å². The van der Waals surface area contributed by atoms with Crippen LogP contribution in [0.2, 0.25) is 0 Å². The predicted octanol–water partition coefficient (Wildman–Crippen LogP) is 12.3. The zero-order chi connectivity index (χ0) is 32.2. The summed E-state index contributed by atoms with van der Waals surface area (Å²) in [5.41, 5.74) is 19.4. The highest BCUT2D eigenvalue weighted by atomic mass is 127. The number of rotatable bonds is 6. The van der Waals surface area contributed by atoms with Gasteiger partial charge in [0.2, 0.25) is 0 Å². The minimum Gasteiger partial charge on any atom is -0.455 e. The molecule has 0 unspecified atom stereocenters. The number of allylic oxidation sites excluding steroid dienone is 4. The van der Waals surface area contributed by atoms with E-state index in [0.29, 0.717) is 0 Å². The van der Waals surface area contributed by atoms with E-state index in [1.165, 1.54) is 22.2 Å². The van der Waals surface area contributed by atoms with Gasteiger partial charge < -0.3 is 19.3 Å². The average molecular weight is 724 g/mol.